The van der Waals surface area contributed by atoms with Crippen LogP contribution in [0.2, 0.25) is 5.02 Å². The number of amides is 1. The van der Waals surface area contributed by atoms with Crippen LogP contribution in [0, 0.1) is 11.2 Å². The number of carbonyl (C=O) groups is 1. The molecule has 2 aromatic carbocycles. The van der Waals surface area contributed by atoms with E-state index in [1.54, 1.807) is 4.90 Å². The number of carbonyl (C=O) groups excluding carboxylic acids is 1. The van der Waals surface area contributed by atoms with Crippen LogP contribution in [-0.2, 0) is 6.42 Å². The van der Waals surface area contributed by atoms with Crippen LogP contribution in [0.25, 0.3) is 0 Å². The average Bonchev–Trinajstić information content (AvgIpc) is 2.53. The van der Waals surface area contributed by atoms with E-state index in [-0.39, 0.29) is 16.9 Å². The van der Waals surface area contributed by atoms with Crippen molar-refractivity contribution in [2.45, 2.75) is 6.42 Å². The van der Waals surface area contributed by atoms with Crippen molar-refractivity contribution in [1.29, 1.82) is 0 Å². The minimum Gasteiger partial charge on any atom is -0.493 e. The first kappa shape index (κ1) is 14.5. The Labute approximate surface area is 138 Å². The number of nitrogens with zero attached hydrogens (tertiary/aromatic N) is 1. The van der Waals surface area contributed by atoms with Gasteiger partial charge in [-0.3, -0.25) is 4.79 Å². The van der Waals surface area contributed by atoms with E-state index in [9.17, 15) is 9.18 Å². The van der Waals surface area contributed by atoms with E-state index >= 15 is 0 Å². The van der Waals surface area contributed by atoms with Crippen LogP contribution in [0.15, 0.2) is 42.5 Å². The van der Waals surface area contributed by atoms with Gasteiger partial charge < -0.3 is 9.64 Å². The minimum atomic E-state index is -0.536. The van der Waals surface area contributed by atoms with Gasteiger partial charge in [0.15, 0.2) is 0 Å². The number of benzene rings is 2. The van der Waals surface area contributed by atoms with Crippen molar-refractivity contribution in [2.75, 3.05) is 19.7 Å². The van der Waals surface area contributed by atoms with Crippen molar-refractivity contribution < 1.29 is 13.9 Å². The number of ether oxygens (including phenoxy) is 1. The molecule has 1 saturated heterocycles. The van der Waals surface area contributed by atoms with Crippen LogP contribution in [0.5, 0.6) is 5.75 Å². The van der Waals surface area contributed by atoms with E-state index in [2.05, 4.69) is 6.07 Å². The molecule has 2 heterocycles. The fourth-order valence-electron chi connectivity index (χ4n) is 3.42. The first-order chi connectivity index (χ1) is 11.1. The Balaban J connectivity index is 1.50. The Morgan fingerprint density at radius 1 is 1.22 bits per heavy atom. The summed E-state index contributed by atoms with van der Waals surface area (Å²) in [6.07, 6.45) is 0.880. The standard InChI is InChI=1S/C18H15ClFNO2/c19-13-5-6-15(20)14(7-13)17(22)21-9-18(10-21)8-12-3-1-2-4-16(12)23-11-18/h1-7H,8-11H2. The van der Waals surface area contributed by atoms with Gasteiger partial charge in [-0.25, -0.2) is 4.39 Å². The first-order valence-electron chi connectivity index (χ1n) is 7.51. The maximum atomic E-state index is 13.8. The molecule has 0 N–H and O–H groups in total. The zero-order valence-electron chi connectivity index (χ0n) is 12.4. The maximum absolute atomic E-state index is 13.8. The van der Waals surface area contributed by atoms with Crippen molar-refractivity contribution in [1.82, 2.24) is 4.90 Å². The van der Waals surface area contributed by atoms with Gasteiger partial charge >= 0.3 is 0 Å². The third kappa shape index (κ3) is 2.47. The van der Waals surface area contributed by atoms with Crippen LogP contribution in [0.4, 0.5) is 4.39 Å². The average molecular weight is 332 g/mol. The highest BCUT2D eigenvalue weighted by Crippen LogP contribution is 2.41. The molecule has 1 spiro atoms. The molecule has 2 aromatic rings. The van der Waals surface area contributed by atoms with Gasteiger partial charge in [-0.15, -0.1) is 0 Å². The lowest BCUT2D eigenvalue weighted by molar-refractivity contribution is -0.0293. The van der Waals surface area contributed by atoms with Crippen molar-refractivity contribution >= 4 is 17.5 Å². The van der Waals surface area contributed by atoms with Crippen LogP contribution in [-0.4, -0.2) is 30.5 Å². The van der Waals surface area contributed by atoms with Crippen LogP contribution in [0.1, 0.15) is 15.9 Å². The molecule has 1 amide bonds. The number of rotatable bonds is 1. The molecule has 118 valence electrons. The molecule has 0 bridgehead atoms. The van der Waals surface area contributed by atoms with Crippen molar-refractivity contribution in [3.8, 4) is 5.75 Å². The molecule has 2 aliphatic rings. The SMILES string of the molecule is O=C(c1cc(Cl)ccc1F)N1CC2(COc3ccccc3C2)C1. The van der Waals surface area contributed by atoms with Gasteiger partial charge in [-0.2, -0.15) is 0 Å². The molecule has 23 heavy (non-hydrogen) atoms. The van der Waals surface area contributed by atoms with E-state index in [1.807, 2.05) is 18.2 Å². The summed E-state index contributed by atoms with van der Waals surface area (Å²) < 4.78 is 19.7. The highest BCUT2D eigenvalue weighted by molar-refractivity contribution is 6.31. The first-order valence-corrected chi connectivity index (χ1v) is 7.89. The topological polar surface area (TPSA) is 29.5 Å². The summed E-state index contributed by atoms with van der Waals surface area (Å²) in [5.41, 5.74) is 1.14. The zero-order chi connectivity index (χ0) is 16.0. The van der Waals surface area contributed by atoms with Crippen LogP contribution >= 0.6 is 11.6 Å². The van der Waals surface area contributed by atoms with E-state index in [0.717, 1.165) is 12.2 Å². The number of likely N-dealkylation sites (tertiary alicyclic amines) is 1. The lowest BCUT2D eigenvalue weighted by Crippen LogP contribution is -2.62. The van der Waals surface area contributed by atoms with Gasteiger partial charge in [0, 0.05) is 23.5 Å². The Morgan fingerprint density at radius 2 is 2.00 bits per heavy atom. The van der Waals surface area contributed by atoms with Crippen LogP contribution in [0.3, 0.4) is 0 Å². The number of hydrogen-bond acceptors (Lipinski definition) is 2. The smallest absolute Gasteiger partial charge is 0.256 e. The maximum Gasteiger partial charge on any atom is 0.256 e. The predicted octanol–water partition coefficient (Wildman–Crippen LogP) is 3.56. The molecule has 5 heteroatoms. The van der Waals surface area contributed by atoms with Gasteiger partial charge in [-0.1, -0.05) is 29.8 Å². The monoisotopic (exact) mass is 331 g/mol. The molecule has 4 rings (SSSR count). The third-order valence-electron chi connectivity index (χ3n) is 4.57. The highest BCUT2D eigenvalue weighted by Gasteiger charge is 2.48. The molecule has 0 unspecified atom stereocenters. The second kappa shape index (κ2) is 5.24. The van der Waals surface area contributed by atoms with E-state index in [0.29, 0.717) is 24.7 Å². The van der Waals surface area contributed by atoms with E-state index in [4.69, 9.17) is 16.3 Å². The number of halogens is 2. The van der Waals surface area contributed by atoms with Gasteiger partial charge in [0.1, 0.15) is 11.6 Å². The Hall–Kier alpha value is -2.07. The van der Waals surface area contributed by atoms with Crippen molar-refractivity contribution in [3.63, 3.8) is 0 Å². The second-order valence-electron chi connectivity index (χ2n) is 6.36. The fourth-order valence-corrected chi connectivity index (χ4v) is 3.59. The normalized spacial score (nSPS) is 18.1. The minimum absolute atomic E-state index is 0.0319. The molecule has 0 saturated carbocycles. The summed E-state index contributed by atoms with van der Waals surface area (Å²) in [7, 11) is 0. The predicted molar refractivity (Wildman–Crippen MR) is 85.4 cm³/mol. The Morgan fingerprint density at radius 3 is 2.83 bits per heavy atom. The van der Waals surface area contributed by atoms with Crippen LogP contribution < -0.4 is 4.74 Å². The number of fused-ring (bicyclic) bond motifs is 1. The van der Waals surface area contributed by atoms with Crippen molar-refractivity contribution in [2.24, 2.45) is 5.41 Å². The second-order valence-corrected chi connectivity index (χ2v) is 6.79. The molecule has 2 aliphatic heterocycles. The lowest BCUT2D eigenvalue weighted by atomic mass is 9.73. The van der Waals surface area contributed by atoms with Crippen molar-refractivity contribution in [3.05, 3.63) is 64.4 Å². The van der Waals surface area contributed by atoms with Gasteiger partial charge in [-0.05, 0) is 36.2 Å². The molecular formula is C18H15ClFNO2. The zero-order valence-corrected chi connectivity index (χ0v) is 13.1. The van der Waals surface area contributed by atoms with E-state index < -0.39 is 5.82 Å². The summed E-state index contributed by atoms with van der Waals surface area (Å²) >= 11 is 5.87. The molecule has 0 aliphatic carbocycles. The van der Waals surface area contributed by atoms with E-state index in [1.165, 1.54) is 23.8 Å². The number of para-hydroxylation sites is 1. The Bertz CT molecular complexity index is 786. The quantitative estimate of drug-likeness (QED) is 0.799. The van der Waals surface area contributed by atoms with Gasteiger partial charge in [0.05, 0.1) is 12.2 Å². The number of hydrogen-bond donors (Lipinski definition) is 0. The molecule has 0 radical (unpaired) electrons. The lowest BCUT2D eigenvalue weighted by Gasteiger charge is -2.51. The third-order valence-corrected chi connectivity index (χ3v) is 4.81. The summed E-state index contributed by atoms with van der Waals surface area (Å²) in [6, 6.07) is 12.0. The molecule has 0 aromatic heterocycles. The van der Waals surface area contributed by atoms with Gasteiger partial charge in [0.25, 0.3) is 5.91 Å². The summed E-state index contributed by atoms with van der Waals surface area (Å²) in [6.45, 7) is 1.74. The molecule has 0 atom stereocenters. The highest BCUT2D eigenvalue weighted by atomic mass is 35.5. The largest absolute Gasteiger partial charge is 0.493 e. The van der Waals surface area contributed by atoms with Gasteiger partial charge in [0.2, 0.25) is 0 Å². The molecule has 1 fully saturated rings. The summed E-state index contributed by atoms with van der Waals surface area (Å²) in [5.74, 6) is 0.0730. The summed E-state index contributed by atoms with van der Waals surface area (Å²) in [5, 5.41) is 0.361. The molecular weight excluding hydrogens is 317 g/mol. The summed E-state index contributed by atoms with van der Waals surface area (Å²) in [4.78, 5) is 14.1. The molecule has 3 nitrogen and oxygen atoms in total. The Kier molecular flexibility index (Phi) is 3.31. The fraction of sp³-hybridized carbons (Fsp3) is 0.278.